The van der Waals surface area contributed by atoms with Crippen molar-refractivity contribution >= 4 is 19.8 Å². The van der Waals surface area contributed by atoms with Gasteiger partial charge in [0.25, 0.3) is 0 Å². The molecule has 0 atom stereocenters. The van der Waals surface area contributed by atoms with E-state index in [1.54, 1.807) is 0 Å². The standard InChI is InChI=1S/C26H19N.B/c1-27-24-16-8-6-14-22(24)26(23-15-7-9-17-25(23)27)20-12-4-2-10-18(20)19-11-3-5-13-21(19)26;/h2-17H,1H3;. The number of para-hydroxylation sites is 2. The van der Waals surface area contributed by atoms with Crippen molar-refractivity contribution in [1.29, 1.82) is 0 Å². The van der Waals surface area contributed by atoms with E-state index >= 15 is 0 Å². The molecule has 0 amide bonds. The molecule has 1 spiro atoms. The quantitative estimate of drug-likeness (QED) is 0.319. The fourth-order valence-corrected chi connectivity index (χ4v) is 5.26. The summed E-state index contributed by atoms with van der Waals surface area (Å²) in [5.74, 6) is 0. The van der Waals surface area contributed by atoms with Gasteiger partial charge in [0, 0.05) is 26.8 Å². The number of anilines is 2. The Labute approximate surface area is 167 Å². The lowest BCUT2D eigenvalue weighted by atomic mass is 9.65. The largest absolute Gasteiger partial charge is 0.344 e. The van der Waals surface area contributed by atoms with E-state index in [1.807, 2.05) is 0 Å². The number of fused-ring (bicyclic) bond motifs is 9. The molecule has 2 heteroatoms. The lowest BCUT2D eigenvalue weighted by Crippen LogP contribution is -2.36. The highest BCUT2D eigenvalue weighted by Crippen LogP contribution is 2.61. The zero-order valence-corrected chi connectivity index (χ0v) is 15.8. The number of hydrogen-bond acceptors (Lipinski definition) is 1. The summed E-state index contributed by atoms with van der Waals surface area (Å²) in [6.45, 7) is 0. The Balaban J connectivity index is 0.00000171. The summed E-state index contributed by atoms with van der Waals surface area (Å²) >= 11 is 0. The Morgan fingerprint density at radius 2 is 0.857 bits per heavy atom. The normalized spacial score (nSPS) is 14.5. The van der Waals surface area contributed by atoms with Crippen molar-refractivity contribution in [2.24, 2.45) is 0 Å². The summed E-state index contributed by atoms with van der Waals surface area (Å²) < 4.78 is 0. The average molecular weight is 356 g/mol. The van der Waals surface area contributed by atoms with Gasteiger partial charge < -0.3 is 4.90 Å². The van der Waals surface area contributed by atoms with Gasteiger partial charge in [-0.05, 0) is 45.5 Å². The van der Waals surface area contributed by atoms with Crippen LogP contribution in [-0.2, 0) is 5.41 Å². The summed E-state index contributed by atoms with van der Waals surface area (Å²) in [4.78, 5) is 2.33. The molecule has 0 aromatic heterocycles. The Kier molecular flexibility index (Phi) is 3.54. The molecule has 1 aliphatic carbocycles. The van der Waals surface area contributed by atoms with Crippen LogP contribution in [0.5, 0.6) is 0 Å². The van der Waals surface area contributed by atoms with Gasteiger partial charge in [-0.1, -0.05) is 84.9 Å². The highest BCUT2D eigenvalue weighted by Gasteiger charge is 2.50. The first kappa shape index (κ1) is 16.9. The fourth-order valence-electron chi connectivity index (χ4n) is 5.26. The molecule has 0 bridgehead atoms. The number of nitrogens with zero attached hydrogens (tertiary/aromatic N) is 1. The van der Waals surface area contributed by atoms with E-state index < -0.39 is 0 Å². The van der Waals surface area contributed by atoms with Crippen LogP contribution in [0.2, 0.25) is 0 Å². The third-order valence-electron chi connectivity index (χ3n) is 6.29. The third-order valence-corrected chi connectivity index (χ3v) is 6.29. The first-order chi connectivity index (χ1) is 13.3. The van der Waals surface area contributed by atoms with Gasteiger partial charge in [0.2, 0.25) is 0 Å². The molecule has 1 nitrogen and oxygen atoms in total. The zero-order valence-electron chi connectivity index (χ0n) is 15.8. The van der Waals surface area contributed by atoms with Crippen LogP contribution in [0.1, 0.15) is 22.3 Å². The summed E-state index contributed by atoms with van der Waals surface area (Å²) in [5.41, 5.74) is 10.5. The molecule has 1 heterocycles. The predicted octanol–water partition coefficient (Wildman–Crippen LogP) is 5.75. The number of benzene rings is 4. The van der Waals surface area contributed by atoms with Gasteiger partial charge in [0.1, 0.15) is 0 Å². The van der Waals surface area contributed by atoms with Crippen LogP contribution in [0.3, 0.4) is 0 Å². The van der Waals surface area contributed by atoms with Crippen LogP contribution in [0, 0.1) is 0 Å². The van der Waals surface area contributed by atoms with Crippen molar-refractivity contribution in [2.45, 2.75) is 5.41 Å². The predicted molar refractivity (Wildman–Crippen MR) is 118 cm³/mol. The second kappa shape index (κ2) is 5.87. The highest BCUT2D eigenvalue weighted by atomic mass is 15.1. The van der Waals surface area contributed by atoms with Crippen molar-refractivity contribution in [3.05, 3.63) is 119 Å². The summed E-state index contributed by atoms with van der Waals surface area (Å²) in [5, 5.41) is 0. The maximum absolute atomic E-state index is 2.33. The second-order valence-electron chi connectivity index (χ2n) is 7.43. The molecule has 0 saturated carbocycles. The first-order valence-electron chi connectivity index (χ1n) is 9.45. The van der Waals surface area contributed by atoms with Crippen molar-refractivity contribution in [1.82, 2.24) is 0 Å². The van der Waals surface area contributed by atoms with Crippen LogP contribution in [0.4, 0.5) is 11.4 Å². The van der Waals surface area contributed by atoms with Gasteiger partial charge in [0.05, 0.1) is 5.41 Å². The summed E-state index contributed by atoms with van der Waals surface area (Å²) in [6, 6.07) is 35.6. The monoisotopic (exact) mass is 356 g/mol. The molecular formula is C26H19BN. The Morgan fingerprint density at radius 3 is 1.32 bits per heavy atom. The molecule has 28 heavy (non-hydrogen) atoms. The Hall–Kier alpha value is -3.26. The lowest BCUT2D eigenvalue weighted by molar-refractivity contribution is 0.748. The molecule has 0 fully saturated rings. The van der Waals surface area contributed by atoms with Gasteiger partial charge in [-0.2, -0.15) is 0 Å². The maximum Gasteiger partial charge on any atom is 0.0754 e. The third kappa shape index (κ3) is 1.83. The Morgan fingerprint density at radius 1 is 0.500 bits per heavy atom. The molecular weight excluding hydrogens is 337 g/mol. The van der Waals surface area contributed by atoms with Crippen LogP contribution in [0.15, 0.2) is 97.1 Å². The first-order valence-corrected chi connectivity index (χ1v) is 9.45. The number of rotatable bonds is 0. The van der Waals surface area contributed by atoms with Crippen LogP contribution in [0.25, 0.3) is 11.1 Å². The topological polar surface area (TPSA) is 3.24 Å². The molecule has 131 valence electrons. The molecule has 0 N–H and O–H groups in total. The van der Waals surface area contributed by atoms with Crippen LogP contribution < -0.4 is 4.90 Å². The zero-order chi connectivity index (χ0) is 18.0. The van der Waals surface area contributed by atoms with Crippen LogP contribution in [-0.4, -0.2) is 15.5 Å². The van der Waals surface area contributed by atoms with E-state index in [2.05, 4.69) is 109 Å². The second-order valence-corrected chi connectivity index (χ2v) is 7.43. The van der Waals surface area contributed by atoms with Crippen molar-refractivity contribution in [2.75, 3.05) is 11.9 Å². The van der Waals surface area contributed by atoms with Crippen molar-refractivity contribution in [3.8, 4) is 11.1 Å². The van der Waals surface area contributed by atoms with E-state index in [0.29, 0.717) is 0 Å². The Bertz CT molecular complexity index is 1120. The molecule has 4 aromatic carbocycles. The van der Waals surface area contributed by atoms with Gasteiger partial charge in [0.15, 0.2) is 0 Å². The SMILES string of the molecule is CN1c2ccccc2C2(c3ccccc3-c3ccccc32)c2ccccc21.[B]. The van der Waals surface area contributed by atoms with E-state index in [0.717, 1.165) is 0 Å². The van der Waals surface area contributed by atoms with Gasteiger partial charge in [-0.3, -0.25) is 0 Å². The van der Waals surface area contributed by atoms with Gasteiger partial charge in [-0.25, -0.2) is 0 Å². The van der Waals surface area contributed by atoms with E-state index in [-0.39, 0.29) is 13.8 Å². The van der Waals surface area contributed by atoms with Crippen molar-refractivity contribution < 1.29 is 0 Å². The fraction of sp³-hybridized carbons (Fsp3) is 0.0769. The minimum Gasteiger partial charge on any atom is -0.344 e. The molecule has 2 aliphatic rings. The van der Waals surface area contributed by atoms with E-state index in [4.69, 9.17) is 0 Å². The lowest BCUT2D eigenvalue weighted by Gasteiger charge is -2.43. The number of hydrogen-bond donors (Lipinski definition) is 0. The van der Waals surface area contributed by atoms with Gasteiger partial charge in [-0.15, -0.1) is 0 Å². The summed E-state index contributed by atoms with van der Waals surface area (Å²) in [6.07, 6.45) is 0. The highest BCUT2D eigenvalue weighted by molar-refractivity contribution is 5.92. The molecule has 6 rings (SSSR count). The molecule has 0 saturated heterocycles. The average Bonchev–Trinajstić information content (AvgIpc) is 3.04. The molecule has 4 aromatic rings. The molecule has 0 unspecified atom stereocenters. The summed E-state index contributed by atoms with van der Waals surface area (Å²) in [7, 11) is 2.18. The van der Waals surface area contributed by atoms with Gasteiger partial charge >= 0.3 is 0 Å². The van der Waals surface area contributed by atoms with E-state index in [1.165, 1.54) is 44.8 Å². The minimum absolute atomic E-state index is 0. The molecule has 1 aliphatic heterocycles. The van der Waals surface area contributed by atoms with Crippen molar-refractivity contribution in [3.63, 3.8) is 0 Å². The maximum atomic E-state index is 2.33. The minimum atomic E-state index is -0.257. The molecule has 3 radical (unpaired) electrons. The smallest absolute Gasteiger partial charge is 0.0754 e. The van der Waals surface area contributed by atoms with E-state index in [9.17, 15) is 0 Å². The van der Waals surface area contributed by atoms with Crippen LogP contribution >= 0.6 is 0 Å².